The van der Waals surface area contributed by atoms with Gasteiger partial charge in [0.2, 0.25) is 5.91 Å². The first-order valence-corrected chi connectivity index (χ1v) is 9.64. The molecular weight excluding hydrogens is 346 g/mol. The van der Waals surface area contributed by atoms with Gasteiger partial charge in [0.25, 0.3) is 0 Å². The number of nitrogens with zero attached hydrogens (tertiary/aromatic N) is 2. The van der Waals surface area contributed by atoms with E-state index in [1.807, 2.05) is 13.0 Å². The molecule has 2 heterocycles. The molecule has 0 fully saturated rings. The first-order valence-electron chi connectivity index (χ1n) is 8.76. The molecule has 1 amide bonds. The number of anilines is 1. The maximum Gasteiger partial charge on any atom is 0.227 e. The molecule has 0 aliphatic carbocycles. The highest BCUT2D eigenvalue weighted by Gasteiger charge is 2.07. The van der Waals surface area contributed by atoms with Gasteiger partial charge in [-0.25, -0.2) is 4.98 Å². The largest absolute Gasteiger partial charge is 0.356 e. The molecule has 0 bridgehead atoms. The van der Waals surface area contributed by atoms with Crippen LogP contribution in [0.3, 0.4) is 0 Å². The number of aromatic nitrogens is 1. The molecule has 0 saturated carbocycles. The molecule has 140 valence electrons. The van der Waals surface area contributed by atoms with Gasteiger partial charge in [-0.3, -0.25) is 9.79 Å². The summed E-state index contributed by atoms with van der Waals surface area (Å²) < 4.78 is 0. The van der Waals surface area contributed by atoms with E-state index in [1.165, 1.54) is 4.88 Å². The lowest BCUT2D eigenvalue weighted by Gasteiger charge is -2.15. The van der Waals surface area contributed by atoms with Crippen LogP contribution in [0.15, 0.2) is 40.8 Å². The summed E-state index contributed by atoms with van der Waals surface area (Å²) in [6.45, 7) is 5.51. The highest BCUT2D eigenvalue weighted by atomic mass is 32.1. The average molecular weight is 374 g/mol. The summed E-state index contributed by atoms with van der Waals surface area (Å²) in [5.41, 5.74) is 1.06. The quantitative estimate of drug-likeness (QED) is 0.491. The Kier molecular flexibility index (Phi) is 8.08. The van der Waals surface area contributed by atoms with Crippen LogP contribution in [0.25, 0.3) is 0 Å². The fraction of sp³-hybridized carbons (Fsp3) is 0.421. The summed E-state index contributed by atoms with van der Waals surface area (Å²) in [6.07, 6.45) is 3.13. The Morgan fingerprint density at radius 3 is 2.81 bits per heavy atom. The standard InChI is InChI=1S/C19H27N5OS/c1-14-6-7-17(22-12-14)24-18(25)8-9-21-19(20-3)23-13-15(2)11-16-5-4-10-26-16/h4-7,10,12,15H,8-9,11,13H2,1-3H3,(H2,20,21,23)(H,22,24,25). The Balaban J connectivity index is 1.64. The SMILES string of the molecule is CN=C(NCCC(=O)Nc1ccc(C)cn1)NCC(C)Cc1cccs1. The van der Waals surface area contributed by atoms with Gasteiger partial charge in [0.1, 0.15) is 5.82 Å². The molecule has 2 aromatic rings. The van der Waals surface area contributed by atoms with Gasteiger partial charge in [0.05, 0.1) is 0 Å². The first kappa shape index (κ1) is 19.9. The second-order valence-corrected chi connectivity index (χ2v) is 7.32. The normalized spacial score (nSPS) is 12.5. The zero-order valence-corrected chi connectivity index (χ0v) is 16.4. The Morgan fingerprint density at radius 1 is 1.31 bits per heavy atom. The number of carbonyl (C=O) groups excluding carboxylic acids is 1. The smallest absolute Gasteiger partial charge is 0.227 e. The van der Waals surface area contributed by atoms with Gasteiger partial charge in [-0.05, 0) is 42.3 Å². The zero-order chi connectivity index (χ0) is 18.8. The maximum absolute atomic E-state index is 12.0. The summed E-state index contributed by atoms with van der Waals surface area (Å²) in [6, 6.07) is 7.97. The lowest BCUT2D eigenvalue weighted by Crippen LogP contribution is -2.40. The number of guanidine groups is 1. The van der Waals surface area contributed by atoms with Crippen LogP contribution in [0.1, 0.15) is 23.8 Å². The molecule has 0 aromatic carbocycles. The van der Waals surface area contributed by atoms with Gasteiger partial charge < -0.3 is 16.0 Å². The number of aliphatic imine (C=N–C) groups is 1. The fourth-order valence-corrected chi connectivity index (χ4v) is 3.25. The van der Waals surface area contributed by atoms with Crippen LogP contribution in [0, 0.1) is 12.8 Å². The van der Waals surface area contributed by atoms with Crippen LogP contribution in [0.2, 0.25) is 0 Å². The lowest BCUT2D eigenvalue weighted by molar-refractivity contribution is -0.116. The Morgan fingerprint density at radius 2 is 2.15 bits per heavy atom. The molecule has 26 heavy (non-hydrogen) atoms. The Bertz CT molecular complexity index is 697. The second kappa shape index (κ2) is 10.6. The van der Waals surface area contributed by atoms with Crippen molar-refractivity contribution in [2.75, 3.05) is 25.5 Å². The number of hydrogen-bond donors (Lipinski definition) is 3. The van der Waals surface area contributed by atoms with Crippen molar-refractivity contribution in [3.63, 3.8) is 0 Å². The molecule has 3 N–H and O–H groups in total. The number of hydrogen-bond acceptors (Lipinski definition) is 4. The third-order valence-electron chi connectivity index (χ3n) is 3.79. The van der Waals surface area contributed by atoms with E-state index in [1.54, 1.807) is 30.6 Å². The molecule has 6 nitrogen and oxygen atoms in total. The minimum atomic E-state index is -0.0737. The summed E-state index contributed by atoms with van der Waals surface area (Å²) in [4.78, 5) is 21.7. The van der Waals surface area contributed by atoms with E-state index in [-0.39, 0.29) is 5.91 Å². The number of rotatable bonds is 8. The van der Waals surface area contributed by atoms with Crippen LogP contribution >= 0.6 is 11.3 Å². The summed E-state index contributed by atoms with van der Waals surface area (Å²) in [5.74, 6) is 1.72. The van der Waals surface area contributed by atoms with Crippen LogP contribution in [0.5, 0.6) is 0 Å². The van der Waals surface area contributed by atoms with Crippen LogP contribution < -0.4 is 16.0 Å². The number of pyridine rings is 1. The van der Waals surface area contributed by atoms with E-state index in [0.717, 1.165) is 18.5 Å². The molecule has 1 unspecified atom stereocenters. The average Bonchev–Trinajstić information content (AvgIpc) is 3.13. The molecule has 2 rings (SSSR count). The van der Waals surface area contributed by atoms with E-state index >= 15 is 0 Å². The fourth-order valence-electron chi connectivity index (χ4n) is 2.38. The molecule has 0 radical (unpaired) electrons. The van der Waals surface area contributed by atoms with Gasteiger partial charge >= 0.3 is 0 Å². The molecular formula is C19H27N5OS. The van der Waals surface area contributed by atoms with Gasteiger partial charge in [-0.15, -0.1) is 11.3 Å². The monoisotopic (exact) mass is 373 g/mol. The Labute approximate surface area is 159 Å². The zero-order valence-electron chi connectivity index (χ0n) is 15.6. The van der Waals surface area contributed by atoms with Crippen molar-refractivity contribution in [3.8, 4) is 0 Å². The summed E-state index contributed by atoms with van der Waals surface area (Å²) >= 11 is 1.79. The van der Waals surface area contributed by atoms with Gasteiger partial charge in [0.15, 0.2) is 5.96 Å². The summed E-state index contributed by atoms with van der Waals surface area (Å²) in [7, 11) is 1.73. The molecule has 1 atom stereocenters. The van der Waals surface area contributed by atoms with Crippen LogP contribution in [-0.4, -0.2) is 37.0 Å². The Hall–Kier alpha value is -2.41. The van der Waals surface area contributed by atoms with Crippen molar-refractivity contribution in [2.24, 2.45) is 10.9 Å². The van der Waals surface area contributed by atoms with E-state index in [4.69, 9.17) is 0 Å². The van der Waals surface area contributed by atoms with Crippen LogP contribution in [0.4, 0.5) is 5.82 Å². The van der Waals surface area contributed by atoms with Gasteiger partial charge in [0, 0.05) is 37.6 Å². The lowest BCUT2D eigenvalue weighted by atomic mass is 10.1. The molecule has 7 heteroatoms. The van der Waals surface area contributed by atoms with E-state index in [9.17, 15) is 4.79 Å². The molecule has 0 aliphatic heterocycles. The minimum Gasteiger partial charge on any atom is -0.356 e. The molecule has 2 aromatic heterocycles. The number of thiophene rings is 1. The number of carbonyl (C=O) groups is 1. The van der Waals surface area contributed by atoms with Crippen molar-refractivity contribution in [3.05, 3.63) is 46.3 Å². The third-order valence-corrected chi connectivity index (χ3v) is 4.69. The first-order chi connectivity index (χ1) is 12.6. The van der Waals surface area contributed by atoms with Gasteiger partial charge in [-0.1, -0.05) is 19.1 Å². The van der Waals surface area contributed by atoms with Crippen molar-refractivity contribution in [1.29, 1.82) is 0 Å². The van der Waals surface area contributed by atoms with Crippen molar-refractivity contribution in [2.45, 2.75) is 26.7 Å². The number of amides is 1. The highest BCUT2D eigenvalue weighted by Crippen LogP contribution is 2.13. The van der Waals surface area contributed by atoms with Crippen LogP contribution in [-0.2, 0) is 11.2 Å². The predicted molar refractivity (Wildman–Crippen MR) is 109 cm³/mol. The topological polar surface area (TPSA) is 78.4 Å². The number of nitrogens with one attached hydrogen (secondary N) is 3. The van der Waals surface area contributed by atoms with E-state index < -0.39 is 0 Å². The number of aryl methyl sites for hydroxylation is 1. The van der Waals surface area contributed by atoms with Gasteiger partial charge in [-0.2, -0.15) is 0 Å². The molecule has 0 aliphatic rings. The van der Waals surface area contributed by atoms with E-state index in [0.29, 0.717) is 30.7 Å². The predicted octanol–water partition coefficient (Wildman–Crippen LogP) is 2.82. The van der Waals surface area contributed by atoms with Crippen molar-refractivity contribution < 1.29 is 4.79 Å². The van der Waals surface area contributed by atoms with Crippen molar-refractivity contribution in [1.82, 2.24) is 15.6 Å². The third kappa shape index (κ3) is 7.23. The summed E-state index contributed by atoms with van der Waals surface area (Å²) in [5, 5.41) is 11.4. The second-order valence-electron chi connectivity index (χ2n) is 6.29. The molecule has 0 saturated heterocycles. The highest BCUT2D eigenvalue weighted by molar-refractivity contribution is 7.09. The minimum absolute atomic E-state index is 0.0737. The van der Waals surface area contributed by atoms with Crippen molar-refractivity contribution >= 4 is 29.0 Å². The maximum atomic E-state index is 12.0. The molecule has 0 spiro atoms. The van der Waals surface area contributed by atoms with E-state index in [2.05, 4.69) is 50.4 Å².